The van der Waals surface area contributed by atoms with Crippen LogP contribution in [0.5, 0.6) is 0 Å². The number of likely N-dealkylation sites (tertiary alicyclic amines) is 1. The van der Waals surface area contributed by atoms with E-state index in [9.17, 15) is 19.1 Å². The smallest absolute Gasteiger partial charge is 0.246 e. The second-order valence-electron chi connectivity index (χ2n) is 8.34. The van der Waals surface area contributed by atoms with Crippen molar-refractivity contribution in [3.05, 3.63) is 39.9 Å². The van der Waals surface area contributed by atoms with Crippen LogP contribution in [0, 0.1) is 0 Å². The number of carbonyl (C=O) groups is 2. The van der Waals surface area contributed by atoms with Gasteiger partial charge in [0.05, 0.1) is 16.1 Å². The quantitative estimate of drug-likeness (QED) is 0.475. The molecule has 9 heteroatoms. The molecule has 2 aliphatic rings. The van der Waals surface area contributed by atoms with Crippen molar-refractivity contribution < 1.29 is 19.1 Å². The third kappa shape index (κ3) is 7.17. The molecule has 2 unspecified atom stereocenters. The molecule has 2 heterocycles. The van der Waals surface area contributed by atoms with E-state index in [0.717, 1.165) is 24.9 Å². The highest BCUT2D eigenvalue weighted by Gasteiger charge is 2.27. The fraction of sp³-hybridized carbons (Fsp3) is 0.565. The summed E-state index contributed by atoms with van der Waals surface area (Å²) in [5.74, 6) is -0.0806. The van der Waals surface area contributed by atoms with Crippen LogP contribution in [0.4, 0.5) is 4.39 Å². The third-order valence-corrected chi connectivity index (χ3v) is 6.74. The number of hydrogen-bond acceptors (Lipinski definition) is 4. The first kappa shape index (κ1) is 25.0. The predicted octanol–water partition coefficient (Wildman–Crippen LogP) is 3.25. The van der Waals surface area contributed by atoms with Crippen molar-refractivity contribution in [2.45, 2.75) is 38.0 Å². The van der Waals surface area contributed by atoms with E-state index in [2.05, 4.69) is 4.90 Å². The second-order valence-corrected chi connectivity index (χ2v) is 9.16. The predicted molar refractivity (Wildman–Crippen MR) is 124 cm³/mol. The largest absolute Gasteiger partial charge is 0.389 e. The van der Waals surface area contributed by atoms with Gasteiger partial charge in [0.2, 0.25) is 11.8 Å². The van der Waals surface area contributed by atoms with Gasteiger partial charge in [-0.25, -0.2) is 4.39 Å². The molecule has 2 saturated heterocycles. The van der Waals surface area contributed by atoms with Gasteiger partial charge in [-0.15, -0.1) is 0 Å². The van der Waals surface area contributed by atoms with Gasteiger partial charge in [-0.3, -0.25) is 9.59 Å². The van der Waals surface area contributed by atoms with Crippen molar-refractivity contribution in [2.75, 3.05) is 45.8 Å². The Labute approximate surface area is 198 Å². The molecule has 1 aromatic carbocycles. The molecule has 0 bridgehead atoms. The lowest BCUT2D eigenvalue weighted by atomic mass is 10.1. The van der Waals surface area contributed by atoms with Crippen LogP contribution in [0.2, 0.25) is 10.0 Å². The Balaban J connectivity index is 1.41. The number of unbranched alkanes of at least 4 members (excludes halogenated alkanes) is 1. The molecule has 32 heavy (non-hydrogen) atoms. The Morgan fingerprint density at radius 3 is 2.66 bits per heavy atom. The maximum atomic E-state index is 13.4. The monoisotopic (exact) mass is 485 g/mol. The minimum absolute atomic E-state index is 0.0578. The number of nitrogens with zero attached hydrogens (tertiary/aromatic N) is 3. The summed E-state index contributed by atoms with van der Waals surface area (Å²) in [5, 5.41) is 10.5. The van der Waals surface area contributed by atoms with Crippen LogP contribution in [-0.2, 0) is 9.59 Å². The number of hydrogen-bond donors (Lipinski definition) is 1. The summed E-state index contributed by atoms with van der Waals surface area (Å²) in [7, 11) is 0. The van der Waals surface area contributed by atoms with Crippen LogP contribution in [0.1, 0.15) is 31.2 Å². The number of amides is 2. The molecule has 2 amide bonds. The fourth-order valence-corrected chi connectivity index (χ4v) is 4.33. The molecular weight excluding hydrogens is 456 g/mol. The zero-order chi connectivity index (χ0) is 23.1. The Morgan fingerprint density at radius 1 is 1.12 bits per heavy atom. The summed E-state index contributed by atoms with van der Waals surface area (Å²) in [6, 6.07) is 5.16. The van der Waals surface area contributed by atoms with Crippen LogP contribution in [0.25, 0.3) is 6.08 Å². The van der Waals surface area contributed by atoms with Crippen molar-refractivity contribution >= 4 is 41.1 Å². The molecule has 1 N–H and O–H groups in total. The van der Waals surface area contributed by atoms with Gasteiger partial charge in [0.25, 0.3) is 0 Å². The molecule has 2 atom stereocenters. The van der Waals surface area contributed by atoms with Gasteiger partial charge in [-0.2, -0.15) is 0 Å². The highest BCUT2D eigenvalue weighted by Crippen LogP contribution is 2.23. The molecule has 0 aliphatic carbocycles. The minimum Gasteiger partial charge on any atom is -0.389 e. The van der Waals surface area contributed by atoms with E-state index in [1.165, 1.54) is 6.08 Å². The first-order valence-corrected chi connectivity index (χ1v) is 11.8. The maximum Gasteiger partial charge on any atom is 0.246 e. The van der Waals surface area contributed by atoms with Crippen molar-refractivity contribution in [3.8, 4) is 0 Å². The minimum atomic E-state index is -1.12. The summed E-state index contributed by atoms with van der Waals surface area (Å²) in [4.78, 5) is 30.6. The van der Waals surface area contributed by atoms with Crippen LogP contribution in [0.15, 0.2) is 24.3 Å². The van der Waals surface area contributed by atoms with Crippen molar-refractivity contribution in [2.24, 2.45) is 0 Å². The Hall–Kier alpha value is -1.67. The third-order valence-electron chi connectivity index (χ3n) is 6.00. The van der Waals surface area contributed by atoms with Crippen molar-refractivity contribution in [3.63, 3.8) is 0 Å². The van der Waals surface area contributed by atoms with Crippen molar-refractivity contribution in [1.82, 2.24) is 14.7 Å². The van der Waals surface area contributed by atoms with Gasteiger partial charge in [0.15, 0.2) is 0 Å². The number of piperidine rings is 1. The summed E-state index contributed by atoms with van der Waals surface area (Å²) < 4.78 is 13.4. The number of aliphatic hydroxyl groups excluding tert-OH is 1. The van der Waals surface area contributed by atoms with E-state index in [1.807, 2.05) is 4.90 Å². The number of alkyl halides is 1. The topological polar surface area (TPSA) is 64.1 Å². The first-order valence-electron chi connectivity index (χ1n) is 11.1. The number of carbonyl (C=O) groups excluding carboxylic acids is 2. The first-order chi connectivity index (χ1) is 15.3. The van der Waals surface area contributed by atoms with Crippen LogP contribution < -0.4 is 0 Å². The summed E-state index contributed by atoms with van der Waals surface area (Å²) >= 11 is 11.9. The van der Waals surface area contributed by atoms with Gasteiger partial charge in [0.1, 0.15) is 6.17 Å². The van der Waals surface area contributed by atoms with E-state index in [0.29, 0.717) is 62.2 Å². The Kier molecular flexibility index (Phi) is 9.34. The highest BCUT2D eigenvalue weighted by atomic mass is 35.5. The number of aliphatic hydroxyl groups is 1. The molecule has 0 aromatic heterocycles. The van der Waals surface area contributed by atoms with Gasteiger partial charge in [-0.05, 0) is 49.6 Å². The van der Waals surface area contributed by atoms with Crippen molar-refractivity contribution in [1.29, 1.82) is 0 Å². The number of rotatable bonds is 7. The lowest BCUT2D eigenvalue weighted by molar-refractivity contribution is -0.130. The average molecular weight is 486 g/mol. The maximum absolute atomic E-state index is 13.4. The zero-order valence-corrected chi connectivity index (χ0v) is 19.6. The van der Waals surface area contributed by atoms with Gasteiger partial charge < -0.3 is 19.8 Å². The molecule has 0 spiro atoms. The molecule has 3 rings (SSSR count). The van der Waals surface area contributed by atoms with E-state index < -0.39 is 12.3 Å². The fourth-order valence-electron chi connectivity index (χ4n) is 4.02. The van der Waals surface area contributed by atoms with E-state index in [4.69, 9.17) is 23.2 Å². The van der Waals surface area contributed by atoms with Crippen LogP contribution >= 0.6 is 23.2 Å². The molecule has 1 aromatic rings. The number of β-amino-alcohol motifs (C(OH)–C–C–N with tert-alkyl or cyclic N) is 1. The molecule has 2 fully saturated rings. The second kappa shape index (κ2) is 12.0. The van der Waals surface area contributed by atoms with E-state index in [1.54, 1.807) is 29.2 Å². The lowest BCUT2D eigenvalue weighted by Crippen LogP contribution is -2.45. The molecule has 176 valence electrons. The molecule has 6 nitrogen and oxygen atoms in total. The normalized spacial score (nSPS) is 23.1. The average Bonchev–Trinajstić information content (AvgIpc) is 2.96. The number of halogens is 3. The molecule has 2 aliphatic heterocycles. The molecule has 0 saturated carbocycles. The Morgan fingerprint density at radius 2 is 1.91 bits per heavy atom. The van der Waals surface area contributed by atoms with Crippen LogP contribution in [-0.4, -0.2) is 89.7 Å². The summed E-state index contributed by atoms with van der Waals surface area (Å²) in [6.45, 7) is 3.86. The Bertz CT molecular complexity index is 839. The lowest BCUT2D eigenvalue weighted by Gasteiger charge is -2.32. The van der Waals surface area contributed by atoms with Gasteiger partial charge in [0, 0.05) is 51.8 Å². The summed E-state index contributed by atoms with van der Waals surface area (Å²) in [6.07, 6.45) is 3.56. The van der Waals surface area contributed by atoms with Gasteiger partial charge >= 0.3 is 0 Å². The summed E-state index contributed by atoms with van der Waals surface area (Å²) in [5.41, 5.74) is 0.781. The van der Waals surface area contributed by atoms with E-state index >= 15 is 0 Å². The van der Waals surface area contributed by atoms with E-state index in [-0.39, 0.29) is 11.8 Å². The van der Waals surface area contributed by atoms with Gasteiger partial charge in [-0.1, -0.05) is 29.3 Å². The van der Waals surface area contributed by atoms with Crippen LogP contribution in [0.3, 0.4) is 0 Å². The number of benzene rings is 1. The standard InChI is InChI=1S/C23H30Cl2FN3O3/c24-18-5-3-17(15-19(18)25)4-6-22(31)29-12-8-23(32)28(13-14-29)10-2-1-9-27-11-7-20(26)21(30)16-27/h3-6,15,20-21,30H,1-2,7-14,16H2/b6-4+. The zero-order valence-electron chi connectivity index (χ0n) is 18.1. The molecular formula is C23H30Cl2FN3O3. The highest BCUT2D eigenvalue weighted by molar-refractivity contribution is 6.42. The SMILES string of the molecule is O=C(/C=C/c1ccc(Cl)c(Cl)c1)N1CCC(=O)N(CCCCN2CCC(F)C(O)C2)CC1. The molecule has 0 radical (unpaired) electrons.